The number of benzene rings is 3. The number of amides is 1. The second-order valence-corrected chi connectivity index (χ2v) is 14.1. The topological polar surface area (TPSA) is 118 Å². The van der Waals surface area contributed by atoms with Crippen molar-refractivity contribution in [1.82, 2.24) is 10.3 Å². The predicted octanol–water partition coefficient (Wildman–Crippen LogP) is 7.51. The second kappa shape index (κ2) is 15.2. The van der Waals surface area contributed by atoms with E-state index in [2.05, 4.69) is 17.2 Å². The summed E-state index contributed by atoms with van der Waals surface area (Å²) in [6.45, 7) is 2.20. The van der Waals surface area contributed by atoms with Gasteiger partial charge in [-0.05, 0) is 46.0 Å². The van der Waals surface area contributed by atoms with Crippen molar-refractivity contribution in [1.29, 1.82) is 0 Å². The van der Waals surface area contributed by atoms with E-state index in [9.17, 15) is 19.8 Å². The molecule has 4 atom stereocenters. The molecule has 240 valence electrons. The summed E-state index contributed by atoms with van der Waals surface area (Å²) in [4.78, 5) is 28.0. The SMILES string of the molecule is C[C@@H]1[C@H](CSc2ncccc2C(=O)O)O[C@H](c2ccc(-c3cccc(CNC(=O)C(Cl)(Cl)Cl)c3)cc2)O[C@@H]1c1ccc(CO)cc1. The maximum Gasteiger partial charge on any atom is 0.338 e. The fraction of sp³-hybridized carbons (Fsp3) is 0.265. The van der Waals surface area contributed by atoms with Gasteiger partial charge in [0, 0.05) is 30.0 Å². The number of aromatic nitrogens is 1. The first-order chi connectivity index (χ1) is 22.0. The number of carbonyl (C=O) groups is 2. The molecular formula is C34H31Cl3N2O6S. The third-order valence-electron chi connectivity index (χ3n) is 7.66. The number of alkyl halides is 3. The van der Waals surface area contributed by atoms with E-state index in [1.54, 1.807) is 12.3 Å². The molecule has 3 aromatic carbocycles. The number of rotatable bonds is 10. The number of pyridine rings is 1. The van der Waals surface area contributed by atoms with E-state index in [-0.39, 0.29) is 36.8 Å². The van der Waals surface area contributed by atoms with Crippen LogP contribution in [0.25, 0.3) is 11.1 Å². The lowest BCUT2D eigenvalue weighted by Gasteiger charge is -2.41. The molecule has 0 bridgehead atoms. The summed E-state index contributed by atoms with van der Waals surface area (Å²) < 4.78 is 11.0. The smallest absolute Gasteiger partial charge is 0.338 e. The van der Waals surface area contributed by atoms with Crippen LogP contribution in [0, 0.1) is 5.92 Å². The van der Waals surface area contributed by atoms with Gasteiger partial charge in [-0.2, -0.15) is 0 Å². The number of hydrogen-bond donors (Lipinski definition) is 3. The van der Waals surface area contributed by atoms with E-state index in [4.69, 9.17) is 44.3 Å². The van der Waals surface area contributed by atoms with Crippen LogP contribution in [0.15, 0.2) is 96.2 Å². The molecule has 0 saturated carbocycles. The van der Waals surface area contributed by atoms with Crippen LogP contribution in [0.2, 0.25) is 0 Å². The van der Waals surface area contributed by atoms with Crippen LogP contribution in [0.1, 0.15) is 51.9 Å². The molecule has 0 spiro atoms. The Morgan fingerprint density at radius 3 is 2.30 bits per heavy atom. The molecule has 1 aromatic heterocycles. The lowest BCUT2D eigenvalue weighted by atomic mass is 9.91. The molecule has 2 heterocycles. The number of aliphatic hydroxyl groups excluding tert-OH is 1. The quantitative estimate of drug-likeness (QED) is 0.115. The van der Waals surface area contributed by atoms with Crippen LogP contribution in [0.3, 0.4) is 0 Å². The summed E-state index contributed by atoms with van der Waals surface area (Å²) in [6, 6.07) is 26.3. The standard InChI is InChI=1S/C34H31Cl3N2O6S/c1-20-28(19-46-30-27(31(41)42)6-3-15-38-30)44-32(45-29(20)24-9-7-21(18-40)8-10-24)25-13-11-23(12-14-25)26-5-2-4-22(16-26)17-39-33(43)34(35,36)37/h2-16,20,28-29,32,40H,17-19H2,1H3,(H,39,43)(H,41,42)/t20-,28+,29+,32+/m1/s1. The van der Waals surface area contributed by atoms with Crippen LogP contribution < -0.4 is 5.32 Å². The minimum atomic E-state index is -2.03. The lowest BCUT2D eigenvalue weighted by Crippen LogP contribution is -2.38. The van der Waals surface area contributed by atoms with Gasteiger partial charge in [-0.15, -0.1) is 11.8 Å². The van der Waals surface area contributed by atoms with Crippen molar-refractivity contribution >= 4 is 58.4 Å². The molecule has 0 radical (unpaired) electrons. The van der Waals surface area contributed by atoms with Crippen LogP contribution in [0.5, 0.6) is 0 Å². The Hall–Kier alpha value is -3.15. The summed E-state index contributed by atoms with van der Waals surface area (Å²) >= 11 is 18.3. The fourth-order valence-electron chi connectivity index (χ4n) is 5.12. The molecule has 12 heteroatoms. The van der Waals surface area contributed by atoms with Gasteiger partial charge in [0.2, 0.25) is 0 Å². The van der Waals surface area contributed by atoms with E-state index < -0.39 is 22.0 Å². The number of carbonyl (C=O) groups excluding carboxylic acids is 1. The summed E-state index contributed by atoms with van der Waals surface area (Å²) in [6.07, 6.45) is 0.270. The molecule has 0 aliphatic carbocycles. The van der Waals surface area contributed by atoms with Crippen molar-refractivity contribution in [3.63, 3.8) is 0 Å². The fourth-order valence-corrected chi connectivity index (χ4v) is 6.47. The van der Waals surface area contributed by atoms with Gasteiger partial charge in [-0.1, -0.05) is 108 Å². The molecule has 1 fully saturated rings. The molecule has 3 N–H and O–H groups in total. The Kier molecular flexibility index (Phi) is 11.3. The monoisotopic (exact) mass is 700 g/mol. The summed E-state index contributed by atoms with van der Waals surface area (Å²) in [5.41, 5.74) is 5.44. The molecule has 8 nitrogen and oxygen atoms in total. The average Bonchev–Trinajstić information content (AvgIpc) is 3.06. The number of aromatic carboxylic acids is 1. The number of ether oxygens (including phenoxy) is 2. The van der Waals surface area contributed by atoms with E-state index >= 15 is 0 Å². The lowest BCUT2D eigenvalue weighted by molar-refractivity contribution is -0.268. The Balaban J connectivity index is 1.36. The Morgan fingerprint density at radius 1 is 0.913 bits per heavy atom. The van der Waals surface area contributed by atoms with Gasteiger partial charge in [-0.3, -0.25) is 4.79 Å². The summed E-state index contributed by atoms with van der Waals surface area (Å²) in [7, 11) is 0. The van der Waals surface area contributed by atoms with Crippen molar-refractivity contribution in [3.8, 4) is 11.1 Å². The van der Waals surface area contributed by atoms with Gasteiger partial charge in [0.05, 0.1) is 24.4 Å². The van der Waals surface area contributed by atoms with E-state index in [0.29, 0.717) is 10.8 Å². The van der Waals surface area contributed by atoms with Gasteiger partial charge in [0.15, 0.2) is 6.29 Å². The van der Waals surface area contributed by atoms with Gasteiger partial charge in [-0.25, -0.2) is 9.78 Å². The zero-order valence-corrected chi connectivity index (χ0v) is 27.7. The van der Waals surface area contributed by atoms with Gasteiger partial charge < -0.3 is 25.0 Å². The summed E-state index contributed by atoms with van der Waals surface area (Å²) in [5, 5.41) is 22.2. The van der Waals surface area contributed by atoms with Crippen LogP contribution in [-0.4, -0.2) is 42.7 Å². The highest BCUT2D eigenvalue weighted by Gasteiger charge is 2.38. The number of thioether (sulfide) groups is 1. The van der Waals surface area contributed by atoms with Crippen LogP contribution in [-0.2, 0) is 27.4 Å². The summed E-state index contributed by atoms with van der Waals surface area (Å²) in [5.74, 6) is -1.35. The van der Waals surface area contributed by atoms with Crippen LogP contribution in [0.4, 0.5) is 0 Å². The first-order valence-electron chi connectivity index (χ1n) is 14.4. The first kappa shape index (κ1) is 34.2. The number of nitrogens with zero attached hydrogens (tertiary/aromatic N) is 1. The zero-order chi connectivity index (χ0) is 32.8. The largest absolute Gasteiger partial charge is 0.478 e. The van der Waals surface area contributed by atoms with Gasteiger partial charge in [0.1, 0.15) is 5.03 Å². The van der Waals surface area contributed by atoms with Crippen molar-refractivity contribution in [2.45, 2.75) is 47.4 Å². The predicted molar refractivity (Wildman–Crippen MR) is 179 cm³/mol. The van der Waals surface area contributed by atoms with Gasteiger partial charge in [0.25, 0.3) is 9.70 Å². The number of hydrogen-bond acceptors (Lipinski definition) is 7. The third kappa shape index (κ3) is 8.41. The Labute approximate surface area is 286 Å². The molecule has 0 unspecified atom stereocenters. The minimum absolute atomic E-state index is 0.0544. The van der Waals surface area contributed by atoms with Crippen molar-refractivity contribution in [3.05, 3.63) is 119 Å². The molecule has 4 aromatic rings. The zero-order valence-electron chi connectivity index (χ0n) is 24.6. The highest BCUT2D eigenvalue weighted by atomic mass is 35.6. The Morgan fingerprint density at radius 2 is 1.63 bits per heavy atom. The molecule has 1 aliphatic rings. The number of carboxylic acid groups (broad SMARTS) is 1. The first-order valence-corrected chi connectivity index (χ1v) is 16.5. The van der Waals surface area contributed by atoms with Crippen molar-refractivity contribution in [2.24, 2.45) is 5.92 Å². The normalized spacial score (nSPS) is 19.8. The molecule has 1 saturated heterocycles. The third-order valence-corrected chi connectivity index (χ3v) is 9.27. The number of nitrogens with one attached hydrogen (secondary N) is 1. The molecular weight excluding hydrogens is 671 g/mol. The van der Waals surface area contributed by atoms with E-state index in [0.717, 1.165) is 33.4 Å². The van der Waals surface area contributed by atoms with Crippen molar-refractivity contribution in [2.75, 3.05) is 5.75 Å². The highest BCUT2D eigenvalue weighted by Crippen LogP contribution is 2.43. The minimum Gasteiger partial charge on any atom is -0.478 e. The highest BCUT2D eigenvalue weighted by molar-refractivity contribution is 7.99. The maximum absolute atomic E-state index is 12.0. The second-order valence-electron chi connectivity index (χ2n) is 10.8. The molecule has 1 aliphatic heterocycles. The van der Waals surface area contributed by atoms with Crippen molar-refractivity contribution < 1.29 is 29.3 Å². The number of carboxylic acids is 1. The Bertz CT molecular complexity index is 1670. The molecule has 46 heavy (non-hydrogen) atoms. The molecule has 5 rings (SSSR count). The number of halogens is 3. The van der Waals surface area contributed by atoms with Gasteiger partial charge >= 0.3 is 5.97 Å². The van der Waals surface area contributed by atoms with Crippen LogP contribution >= 0.6 is 46.6 Å². The average molecular weight is 702 g/mol. The molecule has 1 amide bonds. The van der Waals surface area contributed by atoms with E-state index in [1.165, 1.54) is 17.8 Å². The van der Waals surface area contributed by atoms with E-state index in [1.807, 2.05) is 72.8 Å². The maximum atomic E-state index is 12.0. The number of aliphatic hydroxyl groups is 1.